The highest BCUT2D eigenvalue weighted by Gasteiger charge is 2.15. The number of amides is 1. The number of hydrogen-bond acceptors (Lipinski definition) is 6. The lowest BCUT2D eigenvalue weighted by Gasteiger charge is -2.07. The van der Waals surface area contributed by atoms with E-state index in [1.165, 1.54) is 36.6 Å². The number of methoxy groups -OCH3 is 1. The SMILES string of the molecule is COC(=O)c1ccc(Cl)c(NC(=O)c2csc(-c3ccsc3)n2)c1. The maximum atomic E-state index is 12.4. The fourth-order valence-electron chi connectivity index (χ4n) is 1.95. The van der Waals surface area contributed by atoms with E-state index in [-0.39, 0.29) is 0 Å². The summed E-state index contributed by atoms with van der Waals surface area (Å²) in [4.78, 5) is 28.3. The van der Waals surface area contributed by atoms with Gasteiger partial charge in [-0.05, 0) is 29.6 Å². The van der Waals surface area contributed by atoms with Crippen LogP contribution in [0.25, 0.3) is 10.6 Å². The summed E-state index contributed by atoms with van der Waals surface area (Å²) in [6, 6.07) is 6.47. The maximum Gasteiger partial charge on any atom is 0.337 e. The second-order valence-electron chi connectivity index (χ2n) is 4.69. The molecule has 3 rings (SSSR count). The molecule has 0 saturated carbocycles. The van der Waals surface area contributed by atoms with Crippen molar-refractivity contribution >= 4 is 51.8 Å². The standard InChI is InChI=1S/C16H11ClN2O3S2/c1-22-16(21)9-2-3-11(17)12(6-9)18-14(20)13-8-24-15(19-13)10-4-5-23-7-10/h2-8H,1H3,(H,18,20). The summed E-state index contributed by atoms with van der Waals surface area (Å²) in [5.74, 6) is -0.896. The number of benzene rings is 1. The summed E-state index contributed by atoms with van der Waals surface area (Å²) in [6.07, 6.45) is 0. The van der Waals surface area contributed by atoms with Gasteiger partial charge in [0, 0.05) is 16.3 Å². The van der Waals surface area contributed by atoms with Gasteiger partial charge in [-0.2, -0.15) is 11.3 Å². The molecule has 0 aliphatic carbocycles. The average molecular weight is 379 g/mol. The Morgan fingerprint density at radius 1 is 1.25 bits per heavy atom. The third-order valence-corrected chi connectivity index (χ3v) is 5.04. The second-order valence-corrected chi connectivity index (χ2v) is 6.74. The molecule has 24 heavy (non-hydrogen) atoms. The Morgan fingerprint density at radius 3 is 2.79 bits per heavy atom. The molecule has 2 aromatic heterocycles. The fraction of sp³-hybridized carbons (Fsp3) is 0.0625. The van der Waals surface area contributed by atoms with Gasteiger partial charge in [0.25, 0.3) is 5.91 Å². The molecule has 3 aromatic rings. The number of nitrogens with zero attached hydrogens (tertiary/aromatic N) is 1. The number of anilines is 1. The minimum atomic E-state index is -0.504. The number of halogens is 1. The number of hydrogen-bond donors (Lipinski definition) is 1. The summed E-state index contributed by atoms with van der Waals surface area (Å²) in [7, 11) is 1.29. The van der Waals surface area contributed by atoms with Gasteiger partial charge in [0.2, 0.25) is 0 Å². The number of nitrogens with one attached hydrogen (secondary N) is 1. The Labute approximate surface area is 150 Å². The van der Waals surface area contributed by atoms with Gasteiger partial charge < -0.3 is 10.1 Å². The van der Waals surface area contributed by atoms with Crippen molar-refractivity contribution in [1.82, 2.24) is 4.98 Å². The number of aromatic nitrogens is 1. The first-order valence-corrected chi connectivity index (χ1v) is 8.96. The fourth-order valence-corrected chi connectivity index (χ4v) is 3.63. The summed E-state index contributed by atoms with van der Waals surface area (Å²) < 4.78 is 4.66. The maximum absolute atomic E-state index is 12.4. The number of carbonyl (C=O) groups is 2. The number of thiophene rings is 1. The van der Waals surface area contributed by atoms with Gasteiger partial charge in [0.15, 0.2) is 0 Å². The monoisotopic (exact) mass is 378 g/mol. The van der Waals surface area contributed by atoms with Crippen LogP contribution < -0.4 is 5.32 Å². The minimum absolute atomic E-state index is 0.292. The molecule has 5 nitrogen and oxygen atoms in total. The number of thiazole rings is 1. The van der Waals surface area contributed by atoms with E-state index >= 15 is 0 Å². The third kappa shape index (κ3) is 3.48. The first kappa shape index (κ1) is 16.6. The van der Waals surface area contributed by atoms with E-state index in [2.05, 4.69) is 15.0 Å². The summed E-state index contributed by atoms with van der Waals surface area (Å²) in [5.41, 5.74) is 1.90. The summed E-state index contributed by atoms with van der Waals surface area (Å²) >= 11 is 9.04. The van der Waals surface area contributed by atoms with E-state index in [1.807, 2.05) is 16.8 Å². The van der Waals surface area contributed by atoms with Crippen molar-refractivity contribution in [3.8, 4) is 10.6 Å². The normalized spacial score (nSPS) is 10.4. The Morgan fingerprint density at radius 2 is 2.08 bits per heavy atom. The van der Waals surface area contributed by atoms with Gasteiger partial charge in [-0.15, -0.1) is 11.3 Å². The lowest BCUT2D eigenvalue weighted by molar-refractivity contribution is 0.0600. The highest BCUT2D eigenvalue weighted by Crippen LogP contribution is 2.27. The summed E-state index contributed by atoms with van der Waals surface area (Å²) in [6.45, 7) is 0. The first-order chi connectivity index (χ1) is 11.6. The molecule has 0 aliphatic rings. The van der Waals surface area contributed by atoms with Gasteiger partial charge in [-0.1, -0.05) is 11.6 Å². The predicted octanol–water partition coefficient (Wildman–Crippen LogP) is 4.56. The van der Waals surface area contributed by atoms with Crippen LogP contribution in [-0.2, 0) is 4.74 Å². The number of ether oxygens (including phenoxy) is 1. The second kappa shape index (κ2) is 7.12. The molecule has 0 bridgehead atoms. The lowest BCUT2D eigenvalue weighted by Crippen LogP contribution is -2.13. The molecular formula is C16H11ClN2O3S2. The molecule has 0 unspecified atom stereocenters. The van der Waals surface area contributed by atoms with Crippen molar-refractivity contribution in [3.05, 3.63) is 56.7 Å². The highest BCUT2D eigenvalue weighted by atomic mass is 35.5. The van der Waals surface area contributed by atoms with Crippen LogP contribution in [0.4, 0.5) is 5.69 Å². The van der Waals surface area contributed by atoms with Crippen LogP contribution in [0.1, 0.15) is 20.8 Å². The molecule has 122 valence electrons. The minimum Gasteiger partial charge on any atom is -0.465 e. The smallest absolute Gasteiger partial charge is 0.337 e. The van der Waals surface area contributed by atoms with Crippen LogP contribution in [0.5, 0.6) is 0 Å². The number of rotatable bonds is 4. The molecule has 1 N–H and O–H groups in total. The van der Waals surface area contributed by atoms with Crippen molar-refractivity contribution < 1.29 is 14.3 Å². The highest BCUT2D eigenvalue weighted by molar-refractivity contribution is 7.14. The van der Waals surface area contributed by atoms with Crippen molar-refractivity contribution in [3.63, 3.8) is 0 Å². The zero-order valence-corrected chi connectivity index (χ0v) is 14.8. The largest absolute Gasteiger partial charge is 0.465 e. The Bertz CT molecular complexity index is 891. The van der Waals surface area contributed by atoms with E-state index < -0.39 is 11.9 Å². The molecule has 1 aromatic carbocycles. The van der Waals surface area contributed by atoms with E-state index in [1.54, 1.807) is 16.7 Å². The van der Waals surface area contributed by atoms with Crippen LogP contribution in [0.3, 0.4) is 0 Å². The lowest BCUT2D eigenvalue weighted by atomic mass is 10.2. The van der Waals surface area contributed by atoms with Crippen LogP contribution in [0.15, 0.2) is 40.4 Å². The predicted molar refractivity (Wildman–Crippen MR) is 96.2 cm³/mol. The molecule has 0 radical (unpaired) electrons. The van der Waals surface area contributed by atoms with Gasteiger partial charge in [0.05, 0.1) is 23.4 Å². The third-order valence-electron chi connectivity index (χ3n) is 3.14. The first-order valence-electron chi connectivity index (χ1n) is 6.76. The zero-order chi connectivity index (χ0) is 17.1. The molecule has 2 heterocycles. The van der Waals surface area contributed by atoms with E-state index in [4.69, 9.17) is 11.6 Å². The van der Waals surface area contributed by atoms with E-state index in [0.717, 1.165) is 10.6 Å². The molecule has 8 heteroatoms. The van der Waals surface area contributed by atoms with Crippen LogP contribution in [-0.4, -0.2) is 24.0 Å². The van der Waals surface area contributed by atoms with Crippen molar-refractivity contribution in [2.45, 2.75) is 0 Å². The summed E-state index contributed by atoms with van der Waals surface area (Å²) in [5, 5.41) is 9.37. The van der Waals surface area contributed by atoms with Gasteiger partial charge >= 0.3 is 5.97 Å². The molecule has 0 spiro atoms. The quantitative estimate of drug-likeness (QED) is 0.675. The van der Waals surface area contributed by atoms with Crippen LogP contribution in [0, 0.1) is 0 Å². The van der Waals surface area contributed by atoms with Crippen LogP contribution >= 0.6 is 34.3 Å². The Balaban J connectivity index is 1.81. The van der Waals surface area contributed by atoms with Gasteiger partial charge in [-0.25, -0.2) is 9.78 Å². The number of esters is 1. The Kier molecular flexibility index (Phi) is 4.94. The molecular weight excluding hydrogens is 368 g/mol. The molecule has 1 amide bonds. The van der Waals surface area contributed by atoms with E-state index in [9.17, 15) is 9.59 Å². The van der Waals surface area contributed by atoms with Gasteiger partial charge in [-0.3, -0.25) is 4.79 Å². The van der Waals surface area contributed by atoms with E-state index in [0.29, 0.717) is 22.0 Å². The Hall–Kier alpha value is -2.22. The average Bonchev–Trinajstić information content (AvgIpc) is 3.27. The molecule has 0 saturated heterocycles. The van der Waals surface area contributed by atoms with Crippen molar-refractivity contribution in [2.24, 2.45) is 0 Å². The zero-order valence-electron chi connectivity index (χ0n) is 12.4. The van der Waals surface area contributed by atoms with Crippen LogP contribution in [0.2, 0.25) is 5.02 Å². The van der Waals surface area contributed by atoms with Gasteiger partial charge in [0.1, 0.15) is 10.7 Å². The van der Waals surface area contributed by atoms with Crippen molar-refractivity contribution in [2.75, 3.05) is 12.4 Å². The molecule has 0 fully saturated rings. The molecule has 0 aliphatic heterocycles. The molecule has 0 atom stereocenters. The number of carbonyl (C=O) groups excluding carboxylic acids is 2. The topological polar surface area (TPSA) is 68.3 Å². The van der Waals surface area contributed by atoms with Crippen molar-refractivity contribution in [1.29, 1.82) is 0 Å².